The quantitative estimate of drug-likeness (QED) is 0.749. The molecular formula is C11H19N3O2S2. The van der Waals surface area contributed by atoms with Gasteiger partial charge in [0.1, 0.15) is 10.5 Å². The third-order valence-corrected chi connectivity index (χ3v) is 4.57. The number of carbonyl (C=O) groups is 1. The lowest BCUT2D eigenvalue weighted by Gasteiger charge is -2.28. The average molecular weight is 289 g/mol. The molecule has 2 unspecified atom stereocenters. The van der Waals surface area contributed by atoms with Gasteiger partial charge in [0.05, 0.1) is 0 Å². The Morgan fingerprint density at radius 2 is 2.28 bits per heavy atom. The molecule has 102 valence electrons. The van der Waals surface area contributed by atoms with Gasteiger partial charge in [0.25, 0.3) is 0 Å². The minimum absolute atomic E-state index is 0.164. The predicted octanol–water partition coefficient (Wildman–Crippen LogP) is 2.17. The number of aliphatic carboxylic acids is 1. The fourth-order valence-electron chi connectivity index (χ4n) is 1.74. The Hall–Kier alpha value is -0.660. The molecule has 1 aromatic rings. The molecule has 5 nitrogen and oxygen atoms in total. The van der Waals surface area contributed by atoms with Gasteiger partial charge >= 0.3 is 5.97 Å². The van der Waals surface area contributed by atoms with Crippen molar-refractivity contribution in [1.82, 2.24) is 15.5 Å². The maximum absolute atomic E-state index is 11.3. The first-order valence-corrected chi connectivity index (χ1v) is 7.52. The molecule has 0 bridgehead atoms. The number of carboxylic acids is 1. The molecule has 1 rings (SSSR count). The number of aromatic nitrogens is 2. The largest absolute Gasteiger partial charge is 0.480 e. The Morgan fingerprint density at radius 3 is 2.72 bits per heavy atom. The molecule has 1 heterocycles. The third-order valence-electron chi connectivity index (χ3n) is 2.54. The first-order chi connectivity index (χ1) is 8.37. The van der Waals surface area contributed by atoms with E-state index in [4.69, 9.17) is 0 Å². The summed E-state index contributed by atoms with van der Waals surface area (Å²) in [6.07, 6.45) is 0.541. The Balaban J connectivity index is 2.61. The lowest BCUT2D eigenvalue weighted by Crippen LogP contribution is -2.50. The highest BCUT2D eigenvalue weighted by Gasteiger charge is 2.34. The monoisotopic (exact) mass is 289 g/mol. The Bertz CT molecular complexity index is 411. The standard InChI is InChI=1S/C11H19N3O2S2/c1-5-12-11(4,9(15)16)6-7(2)17-10-14-13-8(3)18-10/h7,12H,5-6H2,1-4H3,(H,15,16). The van der Waals surface area contributed by atoms with E-state index in [1.54, 1.807) is 18.7 Å². The van der Waals surface area contributed by atoms with Gasteiger partial charge in [0.15, 0.2) is 4.34 Å². The maximum atomic E-state index is 11.3. The first-order valence-electron chi connectivity index (χ1n) is 5.82. The van der Waals surface area contributed by atoms with Crippen LogP contribution in [0, 0.1) is 6.92 Å². The van der Waals surface area contributed by atoms with E-state index in [0.29, 0.717) is 13.0 Å². The summed E-state index contributed by atoms with van der Waals surface area (Å²) < 4.78 is 0.893. The molecule has 0 aliphatic carbocycles. The van der Waals surface area contributed by atoms with Gasteiger partial charge in [-0.15, -0.1) is 10.2 Å². The lowest BCUT2D eigenvalue weighted by atomic mass is 9.96. The molecule has 0 fully saturated rings. The van der Waals surface area contributed by atoms with Crippen LogP contribution in [-0.2, 0) is 4.79 Å². The molecule has 0 spiro atoms. The van der Waals surface area contributed by atoms with E-state index in [9.17, 15) is 9.90 Å². The molecule has 2 N–H and O–H groups in total. The fourth-order valence-corrected chi connectivity index (χ4v) is 4.05. The van der Waals surface area contributed by atoms with Crippen LogP contribution >= 0.6 is 23.1 Å². The zero-order chi connectivity index (χ0) is 13.8. The molecule has 18 heavy (non-hydrogen) atoms. The van der Waals surface area contributed by atoms with Gasteiger partial charge in [-0.2, -0.15) is 0 Å². The second-order valence-corrected chi connectivity index (χ2v) is 7.25. The SMILES string of the molecule is CCNC(C)(CC(C)Sc1nnc(C)s1)C(=O)O. The molecular weight excluding hydrogens is 270 g/mol. The van der Waals surface area contributed by atoms with Crippen LogP contribution in [0.1, 0.15) is 32.2 Å². The lowest BCUT2D eigenvalue weighted by molar-refractivity contribution is -0.144. The van der Waals surface area contributed by atoms with Gasteiger partial charge in [-0.3, -0.25) is 4.79 Å². The molecule has 2 atom stereocenters. The van der Waals surface area contributed by atoms with Crippen molar-refractivity contribution in [2.75, 3.05) is 6.54 Å². The van der Waals surface area contributed by atoms with Gasteiger partial charge in [-0.05, 0) is 26.8 Å². The number of aryl methyl sites for hydroxylation is 1. The van der Waals surface area contributed by atoms with E-state index in [0.717, 1.165) is 9.35 Å². The molecule has 0 aliphatic rings. The summed E-state index contributed by atoms with van der Waals surface area (Å²) in [5.41, 5.74) is -0.888. The van der Waals surface area contributed by atoms with Gasteiger partial charge in [-0.25, -0.2) is 0 Å². The smallest absolute Gasteiger partial charge is 0.323 e. The van der Waals surface area contributed by atoms with Gasteiger partial charge in [0, 0.05) is 5.25 Å². The zero-order valence-electron chi connectivity index (χ0n) is 11.1. The van der Waals surface area contributed by atoms with E-state index in [1.807, 2.05) is 20.8 Å². The average Bonchev–Trinajstić information content (AvgIpc) is 2.63. The van der Waals surface area contributed by atoms with Crippen LogP contribution in [0.2, 0.25) is 0 Å². The molecule has 1 aromatic heterocycles. The van der Waals surface area contributed by atoms with Crippen LogP contribution in [0.4, 0.5) is 0 Å². The zero-order valence-corrected chi connectivity index (χ0v) is 12.7. The van der Waals surface area contributed by atoms with Crippen LogP contribution in [0.15, 0.2) is 4.34 Å². The van der Waals surface area contributed by atoms with Crippen molar-refractivity contribution >= 4 is 29.1 Å². The minimum atomic E-state index is -0.888. The summed E-state index contributed by atoms with van der Waals surface area (Å²) in [6, 6.07) is 0. The van der Waals surface area contributed by atoms with Crippen LogP contribution in [0.5, 0.6) is 0 Å². The van der Waals surface area contributed by atoms with Gasteiger partial charge in [-0.1, -0.05) is 36.9 Å². The second-order valence-electron chi connectivity index (χ2n) is 4.39. The van der Waals surface area contributed by atoms with Crippen LogP contribution < -0.4 is 5.32 Å². The summed E-state index contributed by atoms with van der Waals surface area (Å²) in [6.45, 7) is 8.19. The number of nitrogens with zero attached hydrogens (tertiary/aromatic N) is 2. The molecule has 0 saturated heterocycles. The van der Waals surface area contributed by atoms with Crippen molar-refractivity contribution in [1.29, 1.82) is 0 Å². The first kappa shape index (κ1) is 15.4. The van der Waals surface area contributed by atoms with Crippen molar-refractivity contribution in [2.45, 2.75) is 49.2 Å². The fraction of sp³-hybridized carbons (Fsp3) is 0.727. The molecule has 0 radical (unpaired) electrons. The van der Waals surface area contributed by atoms with Crippen LogP contribution in [0.25, 0.3) is 0 Å². The van der Waals surface area contributed by atoms with Crippen molar-refractivity contribution in [3.63, 3.8) is 0 Å². The highest BCUT2D eigenvalue weighted by atomic mass is 32.2. The number of carboxylic acid groups (broad SMARTS) is 1. The summed E-state index contributed by atoms with van der Waals surface area (Å²) in [5, 5.41) is 21.4. The minimum Gasteiger partial charge on any atom is -0.480 e. The highest BCUT2D eigenvalue weighted by molar-refractivity contribution is 8.01. The van der Waals surface area contributed by atoms with E-state index in [-0.39, 0.29) is 5.25 Å². The number of likely N-dealkylation sites (N-methyl/N-ethyl adjacent to an activating group) is 1. The number of hydrogen-bond donors (Lipinski definition) is 2. The number of hydrogen-bond acceptors (Lipinski definition) is 6. The summed E-state index contributed by atoms with van der Waals surface area (Å²) >= 11 is 3.11. The number of rotatable bonds is 7. The molecule has 0 amide bonds. The predicted molar refractivity (Wildman–Crippen MR) is 74.3 cm³/mol. The summed E-state index contributed by atoms with van der Waals surface area (Å²) in [4.78, 5) is 11.3. The van der Waals surface area contributed by atoms with Crippen molar-refractivity contribution in [3.05, 3.63) is 5.01 Å². The third kappa shape index (κ3) is 4.22. The van der Waals surface area contributed by atoms with Crippen molar-refractivity contribution in [2.24, 2.45) is 0 Å². The number of thioether (sulfide) groups is 1. The van der Waals surface area contributed by atoms with Crippen LogP contribution in [-0.4, -0.2) is 38.6 Å². The van der Waals surface area contributed by atoms with E-state index >= 15 is 0 Å². The number of nitrogens with one attached hydrogen (secondary N) is 1. The molecule has 0 aliphatic heterocycles. The molecule has 0 aromatic carbocycles. The normalized spacial score (nSPS) is 16.2. The Morgan fingerprint density at radius 1 is 1.61 bits per heavy atom. The summed E-state index contributed by atoms with van der Waals surface area (Å²) in [7, 11) is 0. The topological polar surface area (TPSA) is 75.1 Å². The van der Waals surface area contributed by atoms with Crippen molar-refractivity contribution < 1.29 is 9.90 Å². The van der Waals surface area contributed by atoms with Gasteiger partial charge in [0.2, 0.25) is 0 Å². The van der Waals surface area contributed by atoms with E-state index in [2.05, 4.69) is 15.5 Å². The van der Waals surface area contributed by atoms with Gasteiger partial charge < -0.3 is 10.4 Å². The Labute approximate surface area is 115 Å². The second kappa shape index (κ2) is 6.49. The highest BCUT2D eigenvalue weighted by Crippen LogP contribution is 2.30. The van der Waals surface area contributed by atoms with E-state index in [1.165, 1.54) is 11.3 Å². The van der Waals surface area contributed by atoms with E-state index < -0.39 is 11.5 Å². The molecule has 7 heteroatoms. The Kier molecular flexibility index (Phi) is 5.55. The maximum Gasteiger partial charge on any atom is 0.323 e. The summed E-state index contributed by atoms with van der Waals surface area (Å²) in [5.74, 6) is -0.815. The molecule has 0 saturated carbocycles. The van der Waals surface area contributed by atoms with Crippen molar-refractivity contribution in [3.8, 4) is 0 Å². The van der Waals surface area contributed by atoms with Crippen LogP contribution in [0.3, 0.4) is 0 Å².